The summed E-state index contributed by atoms with van der Waals surface area (Å²) in [6.45, 7) is 3.22. The zero-order valence-electron chi connectivity index (χ0n) is 12.2. The number of benzene rings is 1. The van der Waals surface area contributed by atoms with Crippen LogP contribution in [-0.4, -0.2) is 30.5 Å². The van der Waals surface area contributed by atoms with E-state index >= 15 is 0 Å². The number of nitriles is 1. The van der Waals surface area contributed by atoms with E-state index in [-0.39, 0.29) is 0 Å². The molecule has 1 aliphatic carbocycles. The minimum Gasteiger partial charge on any atom is -0.486 e. The van der Waals surface area contributed by atoms with Crippen LogP contribution >= 0.6 is 11.8 Å². The van der Waals surface area contributed by atoms with Gasteiger partial charge in [0.1, 0.15) is 18.8 Å². The van der Waals surface area contributed by atoms with Crippen LogP contribution in [0.15, 0.2) is 23.1 Å². The van der Waals surface area contributed by atoms with Crippen molar-refractivity contribution in [2.24, 2.45) is 0 Å². The second kappa shape index (κ2) is 6.17. The lowest BCUT2D eigenvalue weighted by Gasteiger charge is -2.23. The van der Waals surface area contributed by atoms with E-state index in [0.29, 0.717) is 19.3 Å². The third kappa shape index (κ3) is 3.84. The van der Waals surface area contributed by atoms with Gasteiger partial charge in [0.2, 0.25) is 0 Å². The van der Waals surface area contributed by atoms with Gasteiger partial charge in [-0.25, -0.2) is 0 Å². The average molecular weight is 304 g/mol. The number of nitrogens with zero attached hydrogens (tertiary/aromatic N) is 1. The maximum atomic E-state index is 9.36. The van der Waals surface area contributed by atoms with E-state index in [1.165, 1.54) is 12.8 Å². The number of nitrogens with one attached hydrogen (secondary N) is 1. The summed E-state index contributed by atoms with van der Waals surface area (Å²) in [6, 6.07) is 9.00. The maximum absolute atomic E-state index is 9.36. The standard InChI is InChI=1S/C16H20N2O2S/c1-16(11-17,18-12-2-3-12)6-9-21-13-4-5-14-15(10-13)20-8-7-19-14/h4-5,10,12,18H,2-3,6-9H2,1H3. The summed E-state index contributed by atoms with van der Waals surface area (Å²) in [7, 11) is 0. The molecular formula is C16H20N2O2S. The summed E-state index contributed by atoms with van der Waals surface area (Å²) < 4.78 is 11.1. The van der Waals surface area contributed by atoms with Crippen molar-refractivity contribution in [3.63, 3.8) is 0 Å². The van der Waals surface area contributed by atoms with Crippen LogP contribution in [0.1, 0.15) is 26.2 Å². The number of ether oxygens (including phenoxy) is 2. The van der Waals surface area contributed by atoms with Gasteiger partial charge in [-0.2, -0.15) is 5.26 Å². The molecule has 1 atom stereocenters. The fourth-order valence-electron chi connectivity index (χ4n) is 2.33. The van der Waals surface area contributed by atoms with Crippen LogP contribution in [0.5, 0.6) is 11.5 Å². The van der Waals surface area contributed by atoms with Crippen LogP contribution < -0.4 is 14.8 Å². The highest BCUT2D eigenvalue weighted by Gasteiger charge is 2.32. The molecule has 5 heteroatoms. The van der Waals surface area contributed by atoms with Crippen molar-refractivity contribution in [3.8, 4) is 17.6 Å². The highest BCUT2D eigenvalue weighted by Crippen LogP contribution is 2.35. The first kappa shape index (κ1) is 14.6. The molecule has 0 spiro atoms. The molecule has 0 saturated heterocycles. The fraction of sp³-hybridized carbons (Fsp3) is 0.562. The van der Waals surface area contributed by atoms with Gasteiger partial charge in [0.25, 0.3) is 0 Å². The van der Waals surface area contributed by atoms with E-state index in [1.54, 1.807) is 11.8 Å². The second-order valence-corrected chi connectivity index (χ2v) is 6.93. The first-order chi connectivity index (χ1) is 10.2. The largest absolute Gasteiger partial charge is 0.486 e. The Labute approximate surface area is 129 Å². The predicted octanol–water partition coefficient (Wildman–Crippen LogP) is 2.97. The van der Waals surface area contributed by atoms with E-state index in [9.17, 15) is 5.26 Å². The van der Waals surface area contributed by atoms with E-state index in [4.69, 9.17) is 9.47 Å². The van der Waals surface area contributed by atoms with E-state index in [0.717, 1.165) is 28.6 Å². The van der Waals surface area contributed by atoms with Crippen LogP contribution in [0.4, 0.5) is 0 Å². The molecule has 1 fully saturated rings. The van der Waals surface area contributed by atoms with E-state index in [2.05, 4.69) is 17.5 Å². The van der Waals surface area contributed by atoms with Crippen molar-refractivity contribution >= 4 is 11.8 Å². The number of hydrogen-bond acceptors (Lipinski definition) is 5. The lowest BCUT2D eigenvalue weighted by atomic mass is 10.0. The summed E-state index contributed by atoms with van der Waals surface area (Å²) in [6.07, 6.45) is 3.23. The van der Waals surface area contributed by atoms with Gasteiger partial charge in [-0.1, -0.05) is 0 Å². The second-order valence-electron chi connectivity index (χ2n) is 5.77. The summed E-state index contributed by atoms with van der Waals surface area (Å²) in [5.74, 6) is 2.55. The number of thioether (sulfide) groups is 1. The Balaban J connectivity index is 1.53. The van der Waals surface area contributed by atoms with Crippen molar-refractivity contribution in [2.75, 3.05) is 19.0 Å². The molecule has 112 valence electrons. The molecule has 1 N–H and O–H groups in total. The molecule has 1 unspecified atom stereocenters. The third-order valence-corrected chi connectivity index (χ3v) is 4.73. The number of fused-ring (bicyclic) bond motifs is 1. The molecule has 0 aromatic heterocycles. The van der Waals surface area contributed by atoms with Gasteiger partial charge in [0.05, 0.1) is 6.07 Å². The Morgan fingerprint density at radius 2 is 2.10 bits per heavy atom. The van der Waals surface area contributed by atoms with Crippen molar-refractivity contribution in [2.45, 2.75) is 42.7 Å². The molecular weight excluding hydrogens is 284 g/mol. The molecule has 4 nitrogen and oxygen atoms in total. The first-order valence-electron chi connectivity index (χ1n) is 7.40. The van der Waals surface area contributed by atoms with E-state index < -0.39 is 5.54 Å². The molecule has 1 heterocycles. The molecule has 1 saturated carbocycles. The summed E-state index contributed by atoms with van der Waals surface area (Å²) in [4.78, 5) is 1.16. The van der Waals surface area contributed by atoms with Crippen LogP contribution in [-0.2, 0) is 0 Å². The molecule has 1 aromatic rings. The zero-order valence-corrected chi connectivity index (χ0v) is 13.0. The highest BCUT2D eigenvalue weighted by molar-refractivity contribution is 7.99. The Morgan fingerprint density at radius 3 is 2.81 bits per heavy atom. The Bertz CT molecular complexity index is 554. The van der Waals surface area contributed by atoms with Gasteiger partial charge in [-0.3, -0.25) is 5.32 Å². The third-order valence-electron chi connectivity index (χ3n) is 3.73. The topological polar surface area (TPSA) is 54.3 Å². The van der Waals surface area contributed by atoms with Gasteiger partial charge in [0.15, 0.2) is 11.5 Å². The maximum Gasteiger partial charge on any atom is 0.162 e. The van der Waals surface area contributed by atoms with Crippen LogP contribution in [0, 0.1) is 11.3 Å². The Kier molecular flexibility index (Phi) is 4.27. The SMILES string of the molecule is CC(C#N)(CCSc1ccc2c(c1)OCCO2)NC1CC1. The van der Waals surface area contributed by atoms with Crippen molar-refractivity contribution < 1.29 is 9.47 Å². The summed E-state index contributed by atoms with van der Waals surface area (Å²) in [5.41, 5.74) is -0.415. The van der Waals surface area contributed by atoms with Crippen LogP contribution in [0.2, 0.25) is 0 Å². The fourth-order valence-corrected chi connectivity index (χ4v) is 3.43. The average Bonchev–Trinajstić information content (AvgIpc) is 3.31. The molecule has 3 rings (SSSR count). The van der Waals surface area contributed by atoms with Crippen LogP contribution in [0.3, 0.4) is 0 Å². The number of rotatable bonds is 6. The van der Waals surface area contributed by atoms with Gasteiger partial charge >= 0.3 is 0 Å². The Hall–Kier alpha value is -1.38. The molecule has 2 aliphatic rings. The van der Waals surface area contributed by atoms with Gasteiger partial charge in [0, 0.05) is 16.7 Å². The molecule has 0 amide bonds. The minimum atomic E-state index is -0.415. The summed E-state index contributed by atoms with van der Waals surface area (Å²) in [5, 5.41) is 12.8. The van der Waals surface area contributed by atoms with Crippen molar-refractivity contribution in [1.29, 1.82) is 5.26 Å². The monoisotopic (exact) mass is 304 g/mol. The predicted molar refractivity (Wildman–Crippen MR) is 82.9 cm³/mol. The Morgan fingerprint density at radius 1 is 1.33 bits per heavy atom. The van der Waals surface area contributed by atoms with Crippen molar-refractivity contribution in [1.82, 2.24) is 5.32 Å². The number of hydrogen-bond donors (Lipinski definition) is 1. The molecule has 0 bridgehead atoms. The molecule has 21 heavy (non-hydrogen) atoms. The molecule has 0 radical (unpaired) electrons. The van der Waals surface area contributed by atoms with E-state index in [1.807, 2.05) is 19.1 Å². The first-order valence-corrected chi connectivity index (χ1v) is 8.38. The van der Waals surface area contributed by atoms with Gasteiger partial charge < -0.3 is 9.47 Å². The molecule has 1 aliphatic heterocycles. The van der Waals surface area contributed by atoms with Crippen molar-refractivity contribution in [3.05, 3.63) is 18.2 Å². The highest BCUT2D eigenvalue weighted by atomic mass is 32.2. The normalized spacial score (nSPS) is 19.6. The van der Waals surface area contributed by atoms with Gasteiger partial charge in [-0.05, 0) is 44.4 Å². The zero-order chi connectivity index (χ0) is 14.7. The smallest absolute Gasteiger partial charge is 0.162 e. The lowest BCUT2D eigenvalue weighted by molar-refractivity contribution is 0.171. The van der Waals surface area contributed by atoms with Gasteiger partial charge in [-0.15, -0.1) is 11.8 Å². The minimum absolute atomic E-state index is 0.415. The summed E-state index contributed by atoms with van der Waals surface area (Å²) >= 11 is 1.76. The molecule has 1 aromatic carbocycles. The quantitative estimate of drug-likeness (QED) is 0.819. The lowest BCUT2D eigenvalue weighted by Crippen LogP contribution is -2.42. The van der Waals surface area contributed by atoms with Crippen LogP contribution in [0.25, 0.3) is 0 Å².